The zero-order chi connectivity index (χ0) is 15.6. The summed E-state index contributed by atoms with van der Waals surface area (Å²) in [6.45, 7) is 0.729. The number of thiazole rings is 1. The van der Waals surface area contributed by atoms with Gasteiger partial charge in [0.2, 0.25) is 5.13 Å². The Bertz CT molecular complexity index is 795. The van der Waals surface area contributed by atoms with E-state index in [2.05, 4.69) is 15.1 Å². The highest BCUT2D eigenvalue weighted by Gasteiger charge is 2.29. The van der Waals surface area contributed by atoms with Crippen LogP contribution in [-0.4, -0.2) is 32.2 Å². The number of hydrogen-bond acceptors (Lipinski definition) is 5. The van der Waals surface area contributed by atoms with E-state index in [9.17, 15) is 4.79 Å². The van der Waals surface area contributed by atoms with E-state index < -0.39 is 0 Å². The van der Waals surface area contributed by atoms with Gasteiger partial charge in [0.1, 0.15) is 0 Å². The lowest BCUT2D eigenvalue weighted by Gasteiger charge is -2.21. The van der Waals surface area contributed by atoms with Crippen LogP contribution in [0.3, 0.4) is 0 Å². The largest absolute Gasteiger partial charge is 0.306 e. The number of carbonyl (C=O) groups is 1. The quantitative estimate of drug-likeness (QED) is 0.723. The lowest BCUT2D eigenvalue weighted by Crippen LogP contribution is -2.32. The molecular formula is C16H15N5OS. The fourth-order valence-corrected chi connectivity index (χ4v) is 2.97. The van der Waals surface area contributed by atoms with Gasteiger partial charge in [0.15, 0.2) is 0 Å². The molecular weight excluding hydrogens is 310 g/mol. The number of rotatable bonds is 5. The van der Waals surface area contributed by atoms with Crippen molar-refractivity contribution in [3.63, 3.8) is 0 Å². The third-order valence-electron chi connectivity index (χ3n) is 3.79. The highest BCUT2D eigenvalue weighted by atomic mass is 32.1. The standard InChI is InChI=1S/C16H15N5OS/c22-15(13-8-19-21(11-13)16-18-6-7-23-16)20(10-12-3-4-12)14-2-1-5-17-9-14/h1-2,5-9,11-12H,3-4,10H2. The van der Waals surface area contributed by atoms with Gasteiger partial charge in [-0.2, -0.15) is 5.10 Å². The van der Waals surface area contributed by atoms with Crippen LogP contribution in [0.4, 0.5) is 5.69 Å². The first kappa shape index (κ1) is 14.1. The van der Waals surface area contributed by atoms with Crippen molar-refractivity contribution in [3.8, 4) is 5.13 Å². The molecule has 116 valence electrons. The second-order valence-corrected chi connectivity index (χ2v) is 6.43. The summed E-state index contributed by atoms with van der Waals surface area (Å²) < 4.78 is 1.64. The molecule has 1 saturated carbocycles. The minimum absolute atomic E-state index is 0.0484. The monoisotopic (exact) mass is 325 g/mol. The maximum atomic E-state index is 12.9. The van der Waals surface area contributed by atoms with Gasteiger partial charge in [-0.1, -0.05) is 0 Å². The second-order valence-electron chi connectivity index (χ2n) is 5.56. The first-order chi connectivity index (χ1) is 11.3. The zero-order valence-corrected chi connectivity index (χ0v) is 13.2. The second kappa shape index (κ2) is 5.92. The van der Waals surface area contributed by atoms with E-state index >= 15 is 0 Å². The van der Waals surface area contributed by atoms with Crippen molar-refractivity contribution in [2.45, 2.75) is 12.8 Å². The van der Waals surface area contributed by atoms with Crippen LogP contribution in [0.5, 0.6) is 0 Å². The molecule has 3 aromatic heterocycles. The van der Waals surface area contributed by atoms with Crippen molar-refractivity contribution >= 4 is 22.9 Å². The summed E-state index contributed by atoms with van der Waals surface area (Å²) in [5.41, 5.74) is 1.39. The molecule has 0 saturated heterocycles. The minimum atomic E-state index is -0.0484. The van der Waals surface area contributed by atoms with E-state index in [4.69, 9.17) is 0 Å². The zero-order valence-electron chi connectivity index (χ0n) is 12.4. The molecule has 4 rings (SSSR count). The first-order valence-electron chi connectivity index (χ1n) is 7.48. The molecule has 1 amide bonds. The molecule has 1 aliphatic rings. The molecule has 6 nitrogen and oxygen atoms in total. The number of carbonyl (C=O) groups excluding carboxylic acids is 1. The van der Waals surface area contributed by atoms with Crippen LogP contribution in [0.15, 0.2) is 48.5 Å². The highest BCUT2D eigenvalue weighted by molar-refractivity contribution is 7.12. The summed E-state index contributed by atoms with van der Waals surface area (Å²) in [7, 11) is 0. The number of pyridine rings is 1. The van der Waals surface area contributed by atoms with Crippen molar-refractivity contribution in [3.05, 3.63) is 54.1 Å². The van der Waals surface area contributed by atoms with E-state index in [1.165, 1.54) is 24.2 Å². The third-order valence-corrected chi connectivity index (χ3v) is 4.55. The van der Waals surface area contributed by atoms with Crippen LogP contribution >= 0.6 is 11.3 Å². The Kier molecular flexibility index (Phi) is 3.63. The van der Waals surface area contributed by atoms with Gasteiger partial charge in [-0.15, -0.1) is 11.3 Å². The highest BCUT2D eigenvalue weighted by Crippen LogP contribution is 2.32. The van der Waals surface area contributed by atoms with Crippen molar-refractivity contribution < 1.29 is 4.79 Å². The Morgan fingerprint density at radius 2 is 2.26 bits per heavy atom. The Morgan fingerprint density at radius 3 is 2.96 bits per heavy atom. The predicted octanol–water partition coefficient (Wildman–Crippen LogP) is 2.78. The van der Waals surface area contributed by atoms with Gasteiger partial charge in [-0.05, 0) is 30.9 Å². The predicted molar refractivity (Wildman–Crippen MR) is 87.9 cm³/mol. The molecule has 0 aromatic carbocycles. The summed E-state index contributed by atoms with van der Waals surface area (Å²) in [6.07, 6.45) is 10.9. The maximum absolute atomic E-state index is 12.9. The molecule has 0 bridgehead atoms. The molecule has 0 radical (unpaired) electrons. The molecule has 0 atom stereocenters. The molecule has 0 aliphatic heterocycles. The molecule has 0 spiro atoms. The Morgan fingerprint density at radius 1 is 1.35 bits per heavy atom. The average Bonchev–Trinajstić information content (AvgIpc) is 3.06. The fraction of sp³-hybridized carbons (Fsp3) is 0.250. The van der Waals surface area contributed by atoms with Crippen molar-refractivity contribution in [1.29, 1.82) is 0 Å². The minimum Gasteiger partial charge on any atom is -0.306 e. The van der Waals surface area contributed by atoms with Gasteiger partial charge in [0.05, 0.1) is 23.6 Å². The Labute approximate surface area is 137 Å². The number of aromatic nitrogens is 4. The lowest BCUT2D eigenvalue weighted by atomic mass is 10.2. The van der Waals surface area contributed by atoms with E-state index in [0.717, 1.165) is 17.4 Å². The molecule has 7 heteroatoms. The number of nitrogens with zero attached hydrogens (tertiary/aromatic N) is 5. The van der Waals surface area contributed by atoms with Gasteiger partial charge in [0.25, 0.3) is 5.91 Å². The maximum Gasteiger partial charge on any atom is 0.261 e. The Hall–Kier alpha value is -2.54. The molecule has 1 fully saturated rings. The smallest absolute Gasteiger partial charge is 0.261 e. The molecule has 23 heavy (non-hydrogen) atoms. The van der Waals surface area contributed by atoms with Gasteiger partial charge >= 0.3 is 0 Å². The van der Waals surface area contributed by atoms with Crippen molar-refractivity contribution in [2.24, 2.45) is 5.92 Å². The van der Waals surface area contributed by atoms with E-state index in [0.29, 0.717) is 11.5 Å². The van der Waals surface area contributed by atoms with Crippen LogP contribution in [0.1, 0.15) is 23.2 Å². The Balaban J connectivity index is 1.62. The topological polar surface area (TPSA) is 63.9 Å². The van der Waals surface area contributed by atoms with Crippen molar-refractivity contribution in [2.75, 3.05) is 11.4 Å². The number of anilines is 1. The fourth-order valence-electron chi connectivity index (χ4n) is 2.40. The van der Waals surface area contributed by atoms with Gasteiger partial charge in [0, 0.05) is 30.5 Å². The number of amides is 1. The first-order valence-corrected chi connectivity index (χ1v) is 8.35. The molecule has 3 heterocycles. The summed E-state index contributed by atoms with van der Waals surface area (Å²) in [5.74, 6) is 0.542. The van der Waals surface area contributed by atoms with Crippen LogP contribution in [0.2, 0.25) is 0 Å². The molecule has 3 aromatic rings. The summed E-state index contributed by atoms with van der Waals surface area (Å²) in [6, 6.07) is 3.76. The lowest BCUT2D eigenvalue weighted by molar-refractivity contribution is 0.0985. The van der Waals surface area contributed by atoms with Crippen LogP contribution in [0.25, 0.3) is 5.13 Å². The summed E-state index contributed by atoms with van der Waals surface area (Å²) >= 11 is 1.48. The van der Waals surface area contributed by atoms with E-state index in [1.54, 1.807) is 40.6 Å². The van der Waals surface area contributed by atoms with Gasteiger partial charge in [-0.25, -0.2) is 9.67 Å². The molecule has 0 unspecified atom stereocenters. The SMILES string of the molecule is O=C(c1cnn(-c2nccs2)c1)N(CC1CC1)c1cccnc1. The number of hydrogen-bond donors (Lipinski definition) is 0. The third kappa shape index (κ3) is 3.00. The van der Waals surface area contributed by atoms with Crippen LogP contribution < -0.4 is 4.90 Å². The van der Waals surface area contributed by atoms with Crippen LogP contribution in [0, 0.1) is 5.92 Å². The normalized spacial score (nSPS) is 13.9. The van der Waals surface area contributed by atoms with Gasteiger partial charge in [-0.3, -0.25) is 9.78 Å². The average molecular weight is 325 g/mol. The summed E-state index contributed by atoms with van der Waals surface area (Å²) in [5, 5.41) is 6.88. The van der Waals surface area contributed by atoms with E-state index in [-0.39, 0.29) is 5.91 Å². The van der Waals surface area contributed by atoms with Gasteiger partial charge < -0.3 is 4.90 Å². The van der Waals surface area contributed by atoms with Crippen LogP contribution in [-0.2, 0) is 0 Å². The molecule has 0 N–H and O–H groups in total. The molecule has 1 aliphatic carbocycles. The summed E-state index contributed by atoms with van der Waals surface area (Å²) in [4.78, 5) is 23.1. The van der Waals surface area contributed by atoms with E-state index in [1.807, 2.05) is 17.5 Å². The van der Waals surface area contributed by atoms with Crippen molar-refractivity contribution in [1.82, 2.24) is 19.7 Å².